The van der Waals surface area contributed by atoms with Gasteiger partial charge in [0.15, 0.2) is 0 Å². The van der Waals surface area contributed by atoms with Gasteiger partial charge in [-0.2, -0.15) is 0 Å². The van der Waals surface area contributed by atoms with E-state index in [1.54, 1.807) is 0 Å². The van der Waals surface area contributed by atoms with Crippen molar-refractivity contribution in [1.29, 1.82) is 0 Å². The molecule has 0 aromatic heterocycles. The summed E-state index contributed by atoms with van der Waals surface area (Å²) in [5.74, 6) is 0.324. The average Bonchev–Trinajstić information content (AvgIpc) is 2.90. The summed E-state index contributed by atoms with van der Waals surface area (Å²) in [5.41, 5.74) is 5.74. The van der Waals surface area contributed by atoms with E-state index >= 15 is 0 Å². The topological polar surface area (TPSA) is 46.3 Å². The number of nitrogens with zero attached hydrogens (tertiary/aromatic N) is 1. The van der Waals surface area contributed by atoms with E-state index in [4.69, 9.17) is 5.73 Å². The van der Waals surface area contributed by atoms with Crippen molar-refractivity contribution in [2.45, 2.75) is 38.3 Å². The quantitative estimate of drug-likeness (QED) is 0.678. The van der Waals surface area contributed by atoms with E-state index in [0.717, 1.165) is 13.0 Å². The number of hydrogen-bond donors (Lipinski definition) is 1. The summed E-state index contributed by atoms with van der Waals surface area (Å²) in [4.78, 5) is 14.0. The van der Waals surface area contributed by atoms with Gasteiger partial charge in [-0.05, 0) is 26.2 Å². The first-order chi connectivity index (χ1) is 6.72. The average molecular weight is 194 g/mol. The first-order valence-electron chi connectivity index (χ1n) is 5.46. The van der Waals surface area contributed by atoms with Crippen LogP contribution in [0.1, 0.15) is 26.2 Å². The van der Waals surface area contributed by atoms with Crippen LogP contribution in [-0.4, -0.2) is 29.4 Å². The normalized spacial score (nSPS) is 30.7. The van der Waals surface area contributed by atoms with Gasteiger partial charge in [0.2, 0.25) is 5.91 Å². The van der Waals surface area contributed by atoms with Crippen molar-refractivity contribution in [2.24, 2.45) is 11.7 Å². The summed E-state index contributed by atoms with van der Waals surface area (Å²) >= 11 is 0. The molecule has 0 aromatic rings. The van der Waals surface area contributed by atoms with Crippen molar-refractivity contribution in [3.05, 3.63) is 12.2 Å². The summed E-state index contributed by atoms with van der Waals surface area (Å²) in [5, 5.41) is 0. The molecule has 0 aliphatic heterocycles. The Morgan fingerprint density at radius 3 is 2.64 bits per heavy atom. The van der Waals surface area contributed by atoms with Crippen LogP contribution in [0.5, 0.6) is 0 Å². The summed E-state index contributed by atoms with van der Waals surface area (Å²) in [7, 11) is 0. The van der Waals surface area contributed by atoms with Gasteiger partial charge in [0, 0.05) is 18.6 Å². The highest BCUT2D eigenvalue weighted by atomic mass is 16.2. The molecular weight excluding hydrogens is 176 g/mol. The Kier molecular flexibility index (Phi) is 2.59. The maximum Gasteiger partial charge on any atom is 0.229 e. The number of carbonyl (C=O) groups is 1. The Morgan fingerprint density at radius 2 is 2.21 bits per heavy atom. The van der Waals surface area contributed by atoms with Gasteiger partial charge in [-0.15, -0.1) is 0 Å². The van der Waals surface area contributed by atoms with Gasteiger partial charge in [-0.1, -0.05) is 12.2 Å². The van der Waals surface area contributed by atoms with Crippen molar-refractivity contribution < 1.29 is 4.79 Å². The smallest absolute Gasteiger partial charge is 0.229 e. The zero-order valence-electron chi connectivity index (χ0n) is 8.65. The van der Waals surface area contributed by atoms with Crippen LogP contribution in [0.25, 0.3) is 0 Å². The molecule has 2 unspecified atom stereocenters. The highest BCUT2D eigenvalue weighted by molar-refractivity contribution is 5.81. The second-order valence-corrected chi connectivity index (χ2v) is 4.25. The predicted octanol–water partition coefficient (Wildman–Crippen LogP) is 0.901. The minimum Gasteiger partial charge on any atom is -0.339 e. The molecule has 78 valence electrons. The van der Waals surface area contributed by atoms with Gasteiger partial charge in [0.05, 0.1) is 5.92 Å². The molecule has 1 saturated carbocycles. The van der Waals surface area contributed by atoms with Crippen LogP contribution in [-0.2, 0) is 4.79 Å². The minimum absolute atomic E-state index is 0.0468. The van der Waals surface area contributed by atoms with Gasteiger partial charge >= 0.3 is 0 Å². The maximum absolute atomic E-state index is 12.0. The highest BCUT2D eigenvalue weighted by Crippen LogP contribution is 2.29. The standard InChI is InChI=1S/C11H18N2O/c1-2-13(10-5-6-10)11(14)8-3-4-9(12)7-8/h3-4,8-10H,2,5-7,12H2,1H3. The van der Waals surface area contributed by atoms with Crippen LogP contribution < -0.4 is 5.73 Å². The van der Waals surface area contributed by atoms with Crippen LogP contribution >= 0.6 is 0 Å². The van der Waals surface area contributed by atoms with Crippen molar-refractivity contribution in [2.75, 3.05) is 6.54 Å². The van der Waals surface area contributed by atoms with Crippen molar-refractivity contribution in [3.8, 4) is 0 Å². The third kappa shape index (κ3) is 1.82. The fourth-order valence-corrected chi connectivity index (χ4v) is 2.10. The highest BCUT2D eigenvalue weighted by Gasteiger charge is 2.35. The fraction of sp³-hybridized carbons (Fsp3) is 0.727. The summed E-state index contributed by atoms with van der Waals surface area (Å²) in [6.07, 6.45) is 7.08. The Hall–Kier alpha value is -0.830. The molecule has 0 bridgehead atoms. The third-order valence-electron chi connectivity index (χ3n) is 3.05. The lowest BCUT2D eigenvalue weighted by molar-refractivity contribution is -0.134. The SMILES string of the molecule is CCN(C(=O)C1C=CC(N)C1)C1CC1. The first kappa shape index (κ1) is 9.71. The monoisotopic (exact) mass is 194 g/mol. The lowest BCUT2D eigenvalue weighted by Gasteiger charge is -2.23. The van der Waals surface area contributed by atoms with Crippen LogP contribution in [0, 0.1) is 5.92 Å². The molecule has 2 aliphatic rings. The second-order valence-electron chi connectivity index (χ2n) is 4.25. The zero-order chi connectivity index (χ0) is 10.1. The Morgan fingerprint density at radius 1 is 1.50 bits per heavy atom. The lowest BCUT2D eigenvalue weighted by atomic mass is 10.1. The maximum atomic E-state index is 12.0. The molecule has 2 aliphatic carbocycles. The van der Waals surface area contributed by atoms with Gasteiger partial charge in [0.25, 0.3) is 0 Å². The molecule has 0 spiro atoms. The van der Waals surface area contributed by atoms with Crippen LogP contribution in [0.15, 0.2) is 12.2 Å². The number of rotatable bonds is 3. The Labute approximate surface area is 84.9 Å². The molecule has 0 heterocycles. The fourth-order valence-electron chi connectivity index (χ4n) is 2.10. The molecule has 1 amide bonds. The van der Waals surface area contributed by atoms with Gasteiger partial charge in [-0.25, -0.2) is 0 Å². The molecule has 2 N–H and O–H groups in total. The zero-order valence-corrected chi connectivity index (χ0v) is 8.65. The molecule has 1 fully saturated rings. The minimum atomic E-state index is 0.0468. The third-order valence-corrected chi connectivity index (χ3v) is 3.05. The van der Waals surface area contributed by atoms with Crippen LogP contribution in [0.2, 0.25) is 0 Å². The van der Waals surface area contributed by atoms with E-state index in [9.17, 15) is 4.79 Å². The van der Waals surface area contributed by atoms with Crippen LogP contribution in [0.4, 0.5) is 0 Å². The molecule has 0 radical (unpaired) electrons. The molecular formula is C11H18N2O. The number of nitrogens with two attached hydrogens (primary N) is 1. The lowest BCUT2D eigenvalue weighted by Crippen LogP contribution is -2.37. The van der Waals surface area contributed by atoms with Crippen molar-refractivity contribution >= 4 is 5.91 Å². The molecule has 2 atom stereocenters. The number of hydrogen-bond acceptors (Lipinski definition) is 2. The molecule has 0 aromatic carbocycles. The van der Waals surface area contributed by atoms with E-state index in [0.29, 0.717) is 6.04 Å². The molecule has 3 heteroatoms. The summed E-state index contributed by atoms with van der Waals surface area (Å²) in [6.45, 7) is 2.89. The first-order valence-corrected chi connectivity index (χ1v) is 5.46. The predicted molar refractivity (Wildman–Crippen MR) is 55.6 cm³/mol. The summed E-state index contributed by atoms with van der Waals surface area (Å²) < 4.78 is 0. The van der Waals surface area contributed by atoms with Gasteiger partial charge in [-0.3, -0.25) is 4.79 Å². The molecule has 3 nitrogen and oxygen atoms in total. The van der Waals surface area contributed by atoms with E-state index in [2.05, 4.69) is 6.92 Å². The summed E-state index contributed by atoms with van der Waals surface area (Å²) in [6, 6.07) is 0.611. The number of amides is 1. The Bertz CT molecular complexity index is 258. The Balaban J connectivity index is 1.96. The van der Waals surface area contributed by atoms with E-state index in [-0.39, 0.29) is 17.9 Å². The van der Waals surface area contributed by atoms with Gasteiger partial charge in [0.1, 0.15) is 0 Å². The molecule has 2 rings (SSSR count). The molecule has 14 heavy (non-hydrogen) atoms. The van der Waals surface area contributed by atoms with Crippen LogP contribution in [0.3, 0.4) is 0 Å². The molecule has 0 saturated heterocycles. The number of carbonyl (C=O) groups excluding carboxylic acids is 1. The van der Waals surface area contributed by atoms with Crippen molar-refractivity contribution in [3.63, 3.8) is 0 Å². The largest absolute Gasteiger partial charge is 0.339 e. The van der Waals surface area contributed by atoms with Gasteiger partial charge < -0.3 is 10.6 Å². The van der Waals surface area contributed by atoms with Crippen molar-refractivity contribution in [1.82, 2.24) is 4.90 Å². The van der Waals surface area contributed by atoms with E-state index in [1.807, 2.05) is 17.1 Å². The van der Waals surface area contributed by atoms with E-state index in [1.165, 1.54) is 12.8 Å². The van der Waals surface area contributed by atoms with E-state index < -0.39 is 0 Å². The second kappa shape index (κ2) is 3.73.